The van der Waals surface area contributed by atoms with Gasteiger partial charge < -0.3 is 15.0 Å². The Morgan fingerprint density at radius 2 is 1.86 bits per heavy atom. The second-order valence-electron chi connectivity index (χ2n) is 5.96. The molecule has 1 N–H and O–H groups in total. The third-order valence-electron chi connectivity index (χ3n) is 4.31. The minimum atomic E-state index is -0.541. The van der Waals surface area contributed by atoms with E-state index in [2.05, 4.69) is 29.1 Å². The Balaban J connectivity index is 1.83. The van der Waals surface area contributed by atoms with E-state index in [0.717, 1.165) is 31.7 Å². The molecular weight excluding hydrogens is 278 g/mol. The van der Waals surface area contributed by atoms with Crippen molar-refractivity contribution in [3.8, 4) is 0 Å². The van der Waals surface area contributed by atoms with Gasteiger partial charge in [0.1, 0.15) is 0 Å². The van der Waals surface area contributed by atoms with E-state index in [9.17, 15) is 4.79 Å². The van der Waals surface area contributed by atoms with Crippen LogP contribution in [0.3, 0.4) is 0 Å². The van der Waals surface area contributed by atoms with E-state index in [1.54, 1.807) is 7.11 Å². The molecule has 1 fully saturated rings. The Hall–Kier alpha value is -1.43. The molecule has 0 aromatic heterocycles. The average Bonchev–Trinajstić information content (AvgIpc) is 2.55. The van der Waals surface area contributed by atoms with Gasteiger partial charge in [0.05, 0.1) is 0 Å². The molecule has 1 amide bonds. The van der Waals surface area contributed by atoms with E-state index >= 15 is 0 Å². The number of carbonyl (C=O) groups is 1. The predicted molar refractivity (Wildman–Crippen MR) is 87.7 cm³/mol. The number of likely N-dealkylation sites (N-methyl/N-ethyl adjacent to an activating group) is 1. The van der Waals surface area contributed by atoms with Gasteiger partial charge >= 0.3 is 0 Å². The summed E-state index contributed by atoms with van der Waals surface area (Å²) in [5.74, 6) is -0.0744. The van der Waals surface area contributed by atoms with Crippen molar-refractivity contribution in [2.75, 3.05) is 46.9 Å². The van der Waals surface area contributed by atoms with E-state index in [0.29, 0.717) is 12.6 Å². The highest BCUT2D eigenvalue weighted by molar-refractivity contribution is 5.82. The summed E-state index contributed by atoms with van der Waals surface area (Å²) >= 11 is 0. The van der Waals surface area contributed by atoms with Gasteiger partial charge in [0.25, 0.3) is 5.91 Å². The number of carbonyl (C=O) groups excluding carboxylic acids is 1. The molecule has 2 rings (SSSR count). The molecule has 5 heteroatoms. The standard InChI is InChI=1S/C17H27N3O2/c1-14(20-11-9-19(2)10-12-20)13-18-17(21)16(22-3)15-7-5-4-6-8-15/h4-8,14,16H,9-13H2,1-3H3,(H,18,21)/t14-,16-/m1/s1. The molecule has 1 aromatic carbocycles. The summed E-state index contributed by atoms with van der Waals surface area (Å²) in [6, 6.07) is 9.94. The van der Waals surface area contributed by atoms with Crippen LogP contribution < -0.4 is 5.32 Å². The van der Waals surface area contributed by atoms with Gasteiger partial charge in [-0.1, -0.05) is 30.3 Å². The topological polar surface area (TPSA) is 44.8 Å². The molecule has 0 unspecified atom stereocenters. The van der Waals surface area contributed by atoms with Crippen molar-refractivity contribution in [3.05, 3.63) is 35.9 Å². The molecule has 0 aliphatic carbocycles. The summed E-state index contributed by atoms with van der Waals surface area (Å²) in [7, 11) is 3.72. The maximum Gasteiger partial charge on any atom is 0.253 e. The van der Waals surface area contributed by atoms with Crippen LogP contribution in [0.4, 0.5) is 0 Å². The van der Waals surface area contributed by atoms with Gasteiger partial charge in [0.15, 0.2) is 6.10 Å². The van der Waals surface area contributed by atoms with Crippen molar-refractivity contribution in [2.24, 2.45) is 0 Å². The second kappa shape index (κ2) is 8.27. The average molecular weight is 305 g/mol. The fraction of sp³-hybridized carbons (Fsp3) is 0.588. The van der Waals surface area contributed by atoms with E-state index < -0.39 is 6.10 Å². The first-order chi connectivity index (χ1) is 10.6. The van der Waals surface area contributed by atoms with Crippen LogP contribution in [0.2, 0.25) is 0 Å². The van der Waals surface area contributed by atoms with Crippen LogP contribution in [-0.2, 0) is 9.53 Å². The van der Waals surface area contributed by atoms with Crippen LogP contribution in [0.15, 0.2) is 30.3 Å². The number of hydrogen-bond acceptors (Lipinski definition) is 4. The van der Waals surface area contributed by atoms with E-state index in [-0.39, 0.29) is 5.91 Å². The molecule has 0 radical (unpaired) electrons. The number of nitrogens with one attached hydrogen (secondary N) is 1. The Morgan fingerprint density at radius 1 is 1.23 bits per heavy atom. The Morgan fingerprint density at radius 3 is 2.45 bits per heavy atom. The fourth-order valence-corrected chi connectivity index (χ4v) is 2.76. The van der Waals surface area contributed by atoms with Gasteiger partial charge in [-0.15, -0.1) is 0 Å². The fourth-order valence-electron chi connectivity index (χ4n) is 2.76. The number of hydrogen-bond donors (Lipinski definition) is 1. The van der Waals surface area contributed by atoms with Crippen LogP contribution in [0.25, 0.3) is 0 Å². The minimum Gasteiger partial charge on any atom is -0.367 e. The lowest BCUT2D eigenvalue weighted by Crippen LogP contribution is -2.51. The molecule has 1 saturated heterocycles. The van der Waals surface area contributed by atoms with Crippen LogP contribution >= 0.6 is 0 Å². The first-order valence-electron chi connectivity index (χ1n) is 7.90. The van der Waals surface area contributed by atoms with Gasteiger partial charge in [-0.2, -0.15) is 0 Å². The van der Waals surface area contributed by atoms with E-state index in [1.807, 2.05) is 30.3 Å². The molecule has 1 heterocycles. The van der Waals surface area contributed by atoms with Gasteiger partial charge in [0, 0.05) is 45.9 Å². The zero-order chi connectivity index (χ0) is 15.9. The van der Waals surface area contributed by atoms with Gasteiger partial charge in [-0.25, -0.2) is 0 Å². The number of piperazine rings is 1. The zero-order valence-corrected chi connectivity index (χ0v) is 13.8. The number of rotatable bonds is 6. The molecule has 1 aliphatic rings. The van der Waals surface area contributed by atoms with Crippen molar-refractivity contribution in [2.45, 2.75) is 19.1 Å². The molecule has 1 aliphatic heterocycles. The van der Waals surface area contributed by atoms with Crippen LogP contribution in [0, 0.1) is 0 Å². The van der Waals surface area contributed by atoms with Crippen LogP contribution in [0.1, 0.15) is 18.6 Å². The maximum absolute atomic E-state index is 12.4. The number of methoxy groups -OCH3 is 1. The lowest BCUT2D eigenvalue weighted by atomic mass is 10.1. The molecule has 5 nitrogen and oxygen atoms in total. The number of amides is 1. The number of benzene rings is 1. The highest BCUT2D eigenvalue weighted by Crippen LogP contribution is 2.16. The maximum atomic E-state index is 12.4. The molecule has 1 aromatic rings. The van der Waals surface area contributed by atoms with Crippen molar-refractivity contribution >= 4 is 5.91 Å². The molecule has 122 valence electrons. The highest BCUT2D eigenvalue weighted by atomic mass is 16.5. The third-order valence-corrected chi connectivity index (χ3v) is 4.31. The normalized spacial score (nSPS) is 19.6. The largest absolute Gasteiger partial charge is 0.367 e. The smallest absolute Gasteiger partial charge is 0.253 e. The summed E-state index contributed by atoms with van der Waals surface area (Å²) in [6.45, 7) is 7.09. The Labute approximate surface area is 133 Å². The zero-order valence-electron chi connectivity index (χ0n) is 13.8. The predicted octanol–water partition coefficient (Wildman–Crippen LogP) is 1.13. The Kier molecular flexibility index (Phi) is 6.36. The lowest BCUT2D eigenvalue weighted by molar-refractivity contribution is -0.131. The van der Waals surface area contributed by atoms with Gasteiger partial charge in [-0.05, 0) is 19.5 Å². The summed E-state index contributed by atoms with van der Waals surface area (Å²) in [4.78, 5) is 17.1. The van der Waals surface area contributed by atoms with Gasteiger partial charge in [0.2, 0.25) is 0 Å². The van der Waals surface area contributed by atoms with Gasteiger partial charge in [-0.3, -0.25) is 9.69 Å². The second-order valence-corrected chi connectivity index (χ2v) is 5.96. The summed E-state index contributed by atoms with van der Waals surface area (Å²) in [6.07, 6.45) is -0.541. The van der Waals surface area contributed by atoms with E-state index in [1.165, 1.54) is 0 Å². The number of ether oxygens (including phenoxy) is 1. The highest BCUT2D eigenvalue weighted by Gasteiger charge is 2.23. The Bertz CT molecular complexity index is 458. The van der Waals surface area contributed by atoms with Crippen molar-refractivity contribution in [3.63, 3.8) is 0 Å². The number of nitrogens with zero attached hydrogens (tertiary/aromatic N) is 2. The summed E-state index contributed by atoms with van der Waals surface area (Å²) < 4.78 is 5.36. The summed E-state index contributed by atoms with van der Waals surface area (Å²) in [5, 5.41) is 3.02. The van der Waals surface area contributed by atoms with Crippen LogP contribution in [0.5, 0.6) is 0 Å². The summed E-state index contributed by atoms with van der Waals surface area (Å²) in [5.41, 5.74) is 0.884. The molecule has 0 bridgehead atoms. The SMILES string of the molecule is CO[C@@H](C(=O)NC[C@@H](C)N1CCN(C)CC1)c1ccccc1. The van der Waals surface area contributed by atoms with Crippen LogP contribution in [-0.4, -0.2) is 68.6 Å². The minimum absolute atomic E-state index is 0.0744. The molecular formula is C17H27N3O2. The quantitative estimate of drug-likeness (QED) is 0.856. The molecule has 0 spiro atoms. The monoisotopic (exact) mass is 305 g/mol. The molecule has 22 heavy (non-hydrogen) atoms. The van der Waals surface area contributed by atoms with Crippen molar-refractivity contribution in [1.29, 1.82) is 0 Å². The van der Waals surface area contributed by atoms with E-state index in [4.69, 9.17) is 4.74 Å². The van der Waals surface area contributed by atoms with Crippen molar-refractivity contribution < 1.29 is 9.53 Å². The van der Waals surface area contributed by atoms with Crippen molar-refractivity contribution in [1.82, 2.24) is 15.1 Å². The third kappa shape index (κ3) is 4.53. The molecule has 0 saturated carbocycles. The first-order valence-corrected chi connectivity index (χ1v) is 7.90. The lowest BCUT2D eigenvalue weighted by Gasteiger charge is -2.36. The first kappa shape index (κ1) is 16.9. The molecule has 2 atom stereocenters.